The molecular weight excluding hydrogens is 748 g/mol. The number of hydrogen-bond donors (Lipinski definition) is 0. The van der Waals surface area contributed by atoms with E-state index in [2.05, 4.69) is 177 Å². The van der Waals surface area contributed by atoms with Crippen LogP contribution in [0, 0.1) is 13.8 Å². The molecule has 0 N–H and O–H groups in total. The average Bonchev–Trinajstić information content (AvgIpc) is 3.84. The van der Waals surface area contributed by atoms with E-state index >= 15 is 0 Å². The summed E-state index contributed by atoms with van der Waals surface area (Å²) in [6, 6.07) is 56.6. The molecule has 0 saturated carbocycles. The van der Waals surface area contributed by atoms with Crippen LogP contribution in [-0.4, -0.2) is 34.9 Å². The van der Waals surface area contributed by atoms with E-state index in [-0.39, 0.29) is 14.5 Å². The SMILES string of the molecule is Cc1c(-c2c(-c3[se]c4ccccc4c3-c3ccccc3)nnnc2-c2cc3cccc(-c4ccccc4)c3c3ccccc23)nc2c(c1C)-c1ccccc1C2. The molecular formula is C51H34N4Se. The molecule has 0 spiro atoms. The molecule has 3 heterocycles. The molecule has 264 valence electrons. The minimum atomic E-state index is -0.0320. The van der Waals surface area contributed by atoms with Crippen molar-refractivity contribution in [3.8, 4) is 66.0 Å². The van der Waals surface area contributed by atoms with Gasteiger partial charge in [0.1, 0.15) is 0 Å². The van der Waals surface area contributed by atoms with E-state index in [0.29, 0.717) is 0 Å². The van der Waals surface area contributed by atoms with Crippen molar-refractivity contribution >= 4 is 45.7 Å². The predicted octanol–water partition coefficient (Wildman–Crippen LogP) is 12.3. The van der Waals surface area contributed by atoms with Crippen LogP contribution in [0.2, 0.25) is 0 Å². The molecule has 0 aliphatic heterocycles. The van der Waals surface area contributed by atoms with Crippen molar-refractivity contribution < 1.29 is 0 Å². The molecule has 11 rings (SSSR count). The maximum atomic E-state index is 5.64. The van der Waals surface area contributed by atoms with Gasteiger partial charge < -0.3 is 0 Å². The van der Waals surface area contributed by atoms with Gasteiger partial charge >= 0.3 is 326 Å². The summed E-state index contributed by atoms with van der Waals surface area (Å²) in [4.78, 5) is 5.64. The second-order valence-electron chi connectivity index (χ2n) is 14.6. The van der Waals surface area contributed by atoms with Crippen molar-refractivity contribution in [1.29, 1.82) is 0 Å². The molecule has 3 aromatic heterocycles. The second-order valence-corrected chi connectivity index (χ2v) is 16.8. The standard InChI is InChI=1S/C51H34N4Se/c1-30-31(2)48(52-42-29-34-20-9-10-22-37(34)44(30)42)47-49(53-55-54-50(47)51-46(33-18-7-4-8-19-33)40-25-13-14-27-43(40)56-51)41-28-35-21-15-26-36(32-16-5-3-6-17-32)45(35)39-24-12-11-23-38(39)41/h3-28H,29H2,1-2H3. The Morgan fingerprint density at radius 3 is 1.96 bits per heavy atom. The van der Waals surface area contributed by atoms with Crippen molar-refractivity contribution in [3.63, 3.8) is 0 Å². The number of fused-ring (bicyclic) bond motifs is 7. The van der Waals surface area contributed by atoms with E-state index in [1.165, 1.54) is 69.4 Å². The number of hydrogen-bond acceptors (Lipinski definition) is 4. The summed E-state index contributed by atoms with van der Waals surface area (Å²) in [6.07, 6.45) is 0.796. The van der Waals surface area contributed by atoms with Crippen LogP contribution >= 0.6 is 0 Å². The van der Waals surface area contributed by atoms with E-state index in [4.69, 9.17) is 15.2 Å². The van der Waals surface area contributed by atoms with Crippen molar-refractivity contribution in [1.82, 2.24) is 20.4 Å². The third kappa shape index (κ3) is 5.05. The zero-order valence-corrected chi connectivity index (χ0v) is 32.6. The quantitative estimate of drug-likeness (QED) is 0.129. The topological polar surface area (TPSA) is 51.6 Å². The van der Waals surface area contributed by atoms with Crippen LogP contribution in [0.5, 0.6) is 0 Å². The van der Waals surface area contributed by atoms with Gasteiger partial charge in [-0.3, -0.25) is 0 Å². The maximum absolute atomic E-state index is 5.64. The minimum absolute atomic E-state index is 0.0320. The molecule has 56 heavy (non-hydrogen) atoms. The molecule has 0 fully saturated rings. The molecule has 0 amide bonds. The number of pyridine rings is 1. The molecule has 1 aliphatic carbocycles. The Morgan fingerprint density at radius 1 is 0.482 bits per heavy atom. The monoisotopic (exact) mass is 782 g/mol. The first-order chi connectivity index (χ1) is 27.6. The number of rotatable bonds is 5. The normalized spacial score (nSPS) is 12.0. The van der Waals surface area contributed by atoms with Gasteiger partial charge in [0.25, 0.3) is 0 Å². The van der Waals surface area contributed by atoms with E-state index in [0.717, 1.165) is 56.7 Å². The second kappa shape index (κ2) is 13.1. The van der Waals surface area contributed by atoms with E-state index < -0.39 is 0 Å². The van der Waals surface area contributed by atoms with Gasteiger partial charge in [0.05, 0.1) is 0 Å². The van der Waals surface area contributed by atoms with E-state index in [1.54, 1.807) is 0 Å². The summed E-state index contributed by atoms with van der Waals surface area (Å²) in [5.74, 6) is 0. The Balaban J connectivity index is 1.26. The summed E-state index contributed by atoms with van der Waals surface area (Å²) in [5, 5.41) is 20.6. The van der Waals surface area contributed by atoms with Crippen LogP contribution in [-0.2, 0) is 6.42 Å². The fourth-order valence-electron chi connectivity index (χ4n) is 8.90. The summed E-state index contributed by atoms with van der Waals surface area (Å²) < 4.78 is 2.55. The van der Waals surface area contributed by atoms with Gasteiger partial charge in [0, 0.05) is 0 Å². The molecule has 5 heteroatoms. The van der Waals surface area contributed by atoms with Crippen LogP contribution in [0.1, 0.15) is 22.4 Å². The van der Waals surface area contributed by atoms with Gasteiger partial charge in [-0.25, -0.2) is 0 Å². The van der Waals surface area contributed by atoms with Crippen molar-refractivity contribution in [2.24, 2.45) is 0 Å². The molecule has 7 aromatic carbocycles. The fourth-order valence-corrected chi connectivity index (χ4v) is 11.4. The molecule has 10 aromatic rings. The molecule has 1 aliphatic rings. The summed E-state index contributed by atoms with van der Waals surface area (Å²) in [7, 11) is 0. The van der Waals surface area contributed by atoms with Crippen LogP contribution in [0.4, 0.5) is 0 Å². The predicted molar refractivity (Wildman–Crippen MR) is 232 cm³/mol. The Hall–Kier alpha value is -6.52. The fraction of sp³-hybridized carbons (Fsp3) is 0.0588. The summed E-state index contributed by atoms with van der Waals surface area (Å²) >= 11 is -0.0320. The Bertz CT molecular complexity index is 3180. The van der Waals surface area contributed by atoms with Gasteiger partial charge in [-0.2, -0.15) is 0 Å². The Labute approximate surface area is 330 Å². The van der Waals surface area contributed by atoms with Gasteiger partial charge in [-0.05, 0) is 0 Å². The van der Waals surface area contributed by atoms with Crippen molar-refractivity contribution in [3.05, 3.63) is 180 Å². The van der Waals surface area contributed by atoms with Crippen LogP contribution in [0.3, 0.4) is 0 Å². The molecule has 0 bridgehead atoms. The first-order valence-corrected chi connectivity index (χ1v) is 20.7. The zero-order chi connectivity index (χ0) is 37.3. The van der Waals surface area contributed by atoms with Crippen LogP contribution < -0.4 is 0 Å². The summed E-state index contributed by atoms with van der Waals surface area (Å²) in [6.45, 7) is 4.47. The number of nitrogens with zero attached hydrogens (tertiary/aromatic N) is 4. The number of benzene rings is 7. The van der Waals surface area contributed by atoms with Crippen molar-refractivity contribution in [2.45, 2.75) is 20.3 Å². The van der Waals surface area contributed by atoms with Gasteiger partial charge in [-0.1, -0.05) is 6.07 Å². The van der Waals surface area contributed by atoms with E-state index in [1.807, 2.05) is 0 Å². The molecule has 0 radical (unpaired) electrons. The number of aromatic nitrogens is 4. The molecule has 0 unspecified atom stereocenters. The first-order valence-electron chi connectivity index (χ1n) is 19.0. The summed E-state index contributed by atoms with van der Waals surface area (Å²) in [5.41, 5.74) is 16.7. The first kappa shape index (κ1) is 32.9. The van der Waals surface area contributed by atoms with Gasteiger partial charge in [-0.15, -0.1) is 0 Å². The van der Waals surface area contributed by atoms with E-state index in [9.17, 15) is 0 Å². The Kier molecular flexibility index (Phi) is 7.67. The third-order valence-corrected chi connectivity index (χ3v) is 14.0. The van der Waals surface area contributed by atoms with Crippen LogP contribution in [0.25, 0.3) is 97.2 Å². The Morgan fingerprint density at radius 2 is 1.14 bits per heavy atom. The molecule has 4 nitrogen and oxygen atoms in total. The third-order valence-electron chi connectivity index (χ3n) is 11.6. The molecule has 0 atom stereocenters. The van der Waals surface area contributed by atoms with Gasteiger partial charge in [0.2, 0.25) is 0 Å². The van der Waals surface area contributed by atoms with Crippen molar-refractivity contribution in [2.75, 3.05) is 0 Å². The zero-order valence-electron chi connectivity index (χ0n) is 30.9. The molecule has 0 saturated heterocycles. The van der Waals surface area contributed by atoms with Gasteiger partial charge in [0.15, 0.2) is 0 Å². The average molecular weight is 782 g/mol. The van der Waals surface area contributed by atoms with Crippen LogP contribution in [0.15, 0.2) is 158 Å².